The summed E-state index contributed by atoms with van der Waals surface area (Å²) >= 11 is 0. The van der Waals surface area contributed by atoms with E-state index in [-0.39, 0.29) is 12.2 Å². The molecule has 0 rings (SSSR count). The second-order valence-corrected chi connectivity index (χ2v) is 3.95. The highest BCUT2D eigenvalue weighted by Gasteiger charge is 2.32. The Balaban J connectivity index is 4.01. The van der Waals surface area contributed by atoms with Crippen molar-refractivity contribution < 1.29 is 24.5 Å². The molecule has 0 aromatic rings. The molecule has 0 aliphatic rings. The number of esters is 1. The predicted molar refractivity (Wildman–Crippen MR) is 63.0 cm³/mol. The summed E-state index contributed by atoms with van der Waals surface area (Å²) in [6, 6.07) is 0. The molecule has 0 aliphatic heterocycles. The van der Waals surface area contributed by atoms with Crippen molar-refractivity contribution in [1.82, 2.24) is 0 Å². The number of carbonyl (C=O) groups excluding carboxylic acids is 1. The molecular weight excluding hydrogens is 224 g/mol. The van der Waals surface area contributed by atoms with Crippen LogP contribution < -0.4 is 0 Å². The Bertz CT molecular complexity index is 251. The molecule has 2 N–H and O–H groups in total. The van der Waals surface area contributed by atoms with Crippen molar-refractivity contribution in [3.8, 4) is 0 Å². The van der Waals surface area contributed by atoms with Crippen molar-refractivity contribution in [2.24, 2.45) is 0 Å². The molecule has 0 saturated heterocycles. The van der Waals surface area contributed by atoms with Crippen LogP contribution in [-0.4, -0.2) is 35.4 Å². The van der Waals surface area contributed by atoms with E-state index < -0.39 is 18.5 Å². The molecule has 0 heterocycles. The van der Waals surface area contributed by atoms with E-state index in [2.05, 4.69) is 18.2 Å². The second kappa shape index (κ2) is 8.22. The van der Waals surface area contributed by atoms with Crippen molar-refractivity contribution >= 4 is 5.97 Å². The molecule has 0 amide bonds. The van der Waals surface area contributed by atoms with Gasteiger partial charge in [0.1, 0.15) is 6.61 Å². The van der Waals surface area contributed by atoms with E-state index in [1.54, 1.807) is 0 Å². The van der Waals surface area contributed by atoms with E-state index in [0.29, 0.717) is 0 Å². The lowest BCUT2D eigenvalue weighted by Crippen LogP contribution is -2.42. The number of carbonyl (C=O) groups is 1. The molecular formula is C12H22O5. The summed E-state index contributed by atoms with van der Waals surface area (Å²) in [7, 11) is 0. The number of aliphatic hydroxyl groups excluding tert-OH is 1. The van der Waals surface area contributed by atoms with Crippen LogP contribution in [0.5, 0.6) is 0 Å². The second-order valence-electron chi connectivity index (χ2n) is 3.95. The Morgan fingerprint density at radius 2 is 2.00 bits per heavy atom. The molecule has 0 spiro atoms. The maximum Gasteiger partial charge on any atom is 0.351 e. The molecule has 5 heteroatoms. The fraction of sp³-hybridized carbons (Fsp3) is 0.750. The number of ether oxygens (including phenoxy) is 2. The molecule has 5 nitrogen and oxygen atoms in total. The summed E-state index contributed by atoms with van der Waals surface area (Å²) in [6.07, 6.45) is 3.87. The van der Waals surface area contributed by atoms with Crippen LogP contribution in [0.4, 0.5) is 0 Å². The van der Waals surface area contributed by atoms with Crippen LogP contribution in [0.2, 0.25) is 0 Å². The van der Waals surface area contributed by atoms with Crippen molar-refractivity contribution in [2.75, 3.05) is 13.2 Å². The van der Waals surface area contributed by atoms with Gasteiger partial charge in [0.2, 0.25) is 0 Å². The van der Waals surface area contributed by atoms with Crippen LogP contribution in [0, 0.1) is 0 Å². The van der Waals surface area contributed by atoms with Gasteiger partial charge >= 0.3 is 11.9 Å². The van der Waals surface area contributed by atoms with Gasteiger partial charge in [-0.15, -0.1) is 0 Å². The standard InChI is InChI=1S/C12H22O5/c1-4-5-6-7-8-16-12(15,9-13)17-11(14)10(2)3/h13,15H,2,4-9H2,1,3H3. The number of aliphatic hydroxyl groups is 2. The molecule has 17 heavy (non-hydrogen) atoms. The highest BCUT2D eigenvalue weighted by molar-refractivity contribution is 5.87. The summed E-state index contributed by atoms with van der Waals surface area (Å²) in [5, 5.41) is 18.6. The Hall–Kier alpha value is -0.910. The first-order chi connectivity index (χ1) is 7.95. The maximum absolute atomic E-state index is 11.2. The molecule has 0 aromatic carbocycles. The Kier molecular flexibility index (Phi) is 7.78. The average Bonchev–Trinajstić information content (AvgIpc) is 2.28. The van der Waals surface area contributed by atoms with Crippen LogP contribution in [-0.2, 0) is 14.3 Å². The van der Waals surface area contributed by atoms with Gasteiger partial charge in [0, 0.05) is 5.57 Å². The van der Waals surface area contributed by atoms with Gasteiger partial charge in [-0.3, -0.25) is 0 Å². The van der Waals surface area contributed by atoms with E-state index in [1.807, 2.05) is 0 Å². The number of hydrogen-bond donors (Lipinski definition) is 2. The van der Waals surface area contributed by atoms with Crippen molar-refractivity contribution in [1.29, 1.82) is 0 Å². The zero-order chi connectivity index (χ0) is 13.3. The molecule has 100 valence electrons. The zero-order valence-electron chi connectivity index (χ0n) is 10.6. The van der Waals surface area contributed by atoms with E-state index in [4.69, 9.17) is 9.84 Å². The highest BCUT2D eigenvalue weighted by atomic mass is 16.8. The van der Waals surface area contributed by atoms with Crippen LogP contribution >= 0.6 is 0 Å². The lowest BCUT2D eigenvalue weighted by atomic mass is 10.2. The minimum absolute atomic E-state index is 0.131. The summed E-state index contributed by atoms with van der Waals surface area (Å²) in [5.41, 5.74) is 0.131. The first-order valence-corrected chi connectivity index (χ1v) is 5.81. The molecule has 1 atom stereocenters. The average molecular weight is 246 g/mol. The molecule has 0 aromatic heterocycles. The minimum atomic E-state index is -2.26. The first kappa shape index (κ1) is 16.1. The molecule has 0 fully saturated rings. The zero-order valence-corrected chi connectivity index (χ0v) is 10.6. The van der Waals surface area contributed by atoms with Gasteiger partial charge in [-0.25, -0.2) is 4.79 Å². The van der Waals surface area contributed by atoms with Crippen LogP contribution in [0.3, 0.4) is 0 Å². The van der Waals surface area contributed by atoms with Crippen LogP contribution in [0.1, 0.15) is 39.5 Å². The smallest absolute Gasteiger partial charge is 0.351 e. The quantitative estimate of drug-likeness (QED) is 0.278. The lowest BCUT2D eigenvalue weighted by molar-refractivity contribution is -0.353. The number of rotatable bonds is 9. The van der Waals surface area contributed by atoms with Crippen molar-refractivity contribution in [2.45, 2.75) is 45.5 Å². The number of unbranched alkanes of at least 4 members (excludes halogenated alkanes) is 3. The third-order valence-electron chi connectivity index (χ3n) is 2.13. The summed E-state index contributed by atoms with van der Waals surface area (Å²) < 4.78 is 9.57. The van der Waals surface area contributed by atoms with E-state index in [1.165, 1.54) is 6.92 Å². The number of hydrogen-bond acceptors (Lipinski definition) is 5. The third kappa shape index (κ3) is 7.10. The largest absolute Gasteiger partial charge is 0.402 e. The Morgan fingerprint density at radius 3 is 2.47 bits per heavy atom. The van der Waals surface area contributed by atoms with E-state index in [9.17, 15) is 9.90 Å². The fourth-order valence-corrected chi connectivity index (χ4v) is 1.10. The van der Waals surface area contributed by atoms with Gasteiger partial charge in [-0.2, -0.15) is 0 Å². The molecule has 0 radical (unpaired) electrons. The molecule has 0 saturated carbocycles. The minimum Gasteiger partial charge on any atom is -0.402 e. The Morgan fingerprint density at radius 1 is 1.35 bits per heavy atom. The summed E-state index contributed by atoms with van der Waals surface area (Å²) in [4.78, 5) is 11.2. The molecule has 0 aliphatic carbocycles. The van der Waals surface area contributed by atoms with Gasteiger partial charge in [-0.1, -0.05) is 32.8 Å². The highest BCUT2D eigenvalue weighted by Crippen LogP contribution is 2.12. The van der Waals surface area contributed by atoms with Gasteiger partial charge in [0.25, 0.3) is 0 Å². The first-order valence-electron chi connectivity index (χ1n) is 5.81. The van der Waals surface area contributed by atoms with Gasteiger partial charge < -0.3 is 19.7 Å². The topological polar surface area (TPSA) is 76.0 Å². The summed E-state index contributed by atoms with van der Waals surface area (Å²) in [5.74, 6) is -3.06. The van der Waals surface area contributed by atoms with Crippen LogP contribution in [0.25, 0.3) is 0 Å². The normalized spacial score (nSPS) is 14.1. The van der Waals surface area contributed by atoms with Gasteiger partial charge in [-0.05, 0) is 13.3 Å². The maximum atomic E-state index is 11.2. The van der Waals surface area contributed by atoms with Gasteiger partial charge in [0.05, 0.1) is 6.61 Å². The lowest BCUT2D eigenvalue weighted by Gasteiger charge is -2.25. The fourth-order valence-electron chi connectivity index (χ4n) is 1.10. The monoisotopic (exact) mass is 246 g/mol. The summed E-state index contributed by atoms with van der Waals surface area (Å²) in [6.45, 7) is 6.32. The van der Waals surface area contributed by atoms with Crippen LogP contribution in [0.15, 0.2) is 12.2 Å². The van der Waals surface area contributed by atoms with E-state index >= 15 is 0 Å². The Labute approximate surface area is 102 Å². The van der Waals surface area contributed by atoms with E-state index in [0.717, 1.165) is 25.7 Å². The van der Waals surface area contributed by atoms with Crippen molar-refractivity contribution in [3.63, 3.8) is 0 Å². The predicted octanol–water partition coefficient (Wildman–Crippen LogP) is 1.34. The van der Waals surface area contributed by atoms with Crippen molar-refractivity contribution in [3.05, 3.63) is 12.2 Å². The molecule has 0 bridgehead atoms. The third-order valence-corrected chi connectivity index (χ3v) is 2.13. The molecule has 1 unspecified atom stereocenters. The van der Waals surface area contributed by atoms with Gasteiger partial charge in [0.15, 0.2) is 0 Å². The SMILES string of the molecule is C=C(C)C(=O)OC(O)(CO)OCCCCCC.